The Morgan fingerprint density at radius 1 is 1.62 bits per heavy atom. The highest BCUT2D eigenvalue weighted by atomic mass is 16.6. The lowest BCUT2D eigenvalue weighted by molar-refractivity contribution is 0.0174. The number of likely N-dealkylation sites (tertiary alicyclic amines) is 1. The van der Waals surface area contributed by atoms with Gasteiger partial charge in [-0.15, -0.1) is 0 Å². The summed E-state index contributed by atoms with van der Waals surface area (Å²) in [6.45, 7) is 5.58. The molecule has 1 aliphatic heterocycles. The SMILES string of the molecule is CC(C)(C)OC(=O)N1CC(C#N)CC1CO. The minimum atomic E-state index is -0.554. The van der Waals surface area contributed by atoms with Crippen LogP contribution in [-0.2, 0) is 4.74 Å². The number of hydrogen-bond acceptors (Lipinski definition) is 4. The van der Waals surface area contributed by atoms with Gasteiger partial charge >= 0.3 is 6.09 Å². The minimum Gasteiger partial charge on any atom is -0.444 e. The first-order valence-corrected chi connectivity index (χ1v) is 5.37. The van der Waals surface area contributed by atoms with Gasteiger partial charge in [-0.25, -0.2) is 4.79 Å². The maximum absolute atomic E-state index is 11.8. The lowest BCUT2D eigenvalue weighted by Gasteiger charge is -2.27. The molecule has 0 saturated carbocycles. The van der Waals surface area contributed by atoms with Gasteiger partial charge in [-0.3, -0.25) is 0 Å². The number of carbonyl (C=O) groups excluding carboxylic acids is 1. The minimum absolute atomic E-state index is 0.128. The van der Waals surface area contributed by atoms with E-state index in [1.54, 1.807) is 20.8 Å². The van der Waals surface area contributed by atoms with Gasteiger partial charge in [0.25, 0.3) is 0 Å². The van der Waals surface area contributed by atoms with Crippen LogP contribution in [0.1, 0.15) is 27.2 Å². The molecule has 2 unspecified atom stereocenters. The topological polar surface area (TPSA) is 73.6 Å². The van der Waals surface area contributed by atoms with Crippen molar-refractivity contribution in [3.05, 3.63) is 0 Å². The van der Waals surface area contributed by atoms with E-state index in [-0.39, 0.29) is 18.6 Å². The Labute approximate surface area is 95.6 Å². The third kappa shape index (κ3) is 3.11. The van der Waals surface area contributed by atoms with E-state index in [4.69, 9.17) is 15.1 Å². The van der Waals surface area contributed by atoms with Gasteiger partial charge in [0.1, 0.15) is 5.60 Å². The number of rotatable bonds is 1. The lowest BCUT2D eigenvalue weighted by Crippen LogP contribution is -2.41. The molecular formula is C11H18N2O3. The standard InChI is InChI=1S/C11H18N2O3/c1-11(2,3)16-10(15)13-6-8(5-12)4-9(13)7-14/h8-9,14H,4,6-7H2,1-3H3. The van der Waals surface area contributed by atoms with E-state index in [0.29, 0.717) is 13.0 Å². The average Bonchev–Trinajstić information content (AvgIpc) is 2.58. The summed E-state index contributed by atoms with van der Waals surface area (Å²) >= 11 is 0. The molecule has 2 atom stereocenters. The van der Waals surface area contributed by atoms with Gasteiger partial charge in [-0.05, 0) is 27.2 Å². The summed E-state index contributed by atoms with van der Waals surface area (Å²) < 4.78 is 5.21. The molecule has 16 heavy (non-hydrogen) atoms. The van der Waals surface area contributed by atoms with Crippen molar-refractivity contribution < 1.29 is 14.6 Å². The van der Waals surface area contributed by atoms with Crippen molar-refractivity contribution >= 4 is 6.09 Å². The van der Waals surface area contributed by atoms with Crippen LogP contribution in [0.15, 0.2) is 0 Å². The Bertz CT molecular complexity index is 303. The maximum atomic E-state index is 11.8. The molecule has 1 heterocycles. The molecule has 90 valence electrons. The van der Waals surface area contributed by atoms with Crippen LogP contribution in [0.4, 0.5) is 4.79 Å². The predicted molar refractivity (Wildman–Crippen MR) is 57.5 cm³/mol. The summed E-state index contributed by atoms with van der Waals surface area (Å²) in [7, 11) is 0. The molecule has 0 aromatic carbocycles. The second kappa shape index (κ2) is 4.71. The second-order valence-corrected chi connectivity index (χ2v) is 5.03. The van der Waals surface area contributed by atoms with E-state index >= 15 is 0 Å². The second-order valence-electron chi connectivity index (χ2n) is 5.03. The summed E-state index contributed by atoms with van der Waals surface area (Å²) in [5, 5.41) is 17.9. The molecule has 1 N–H and O–H groups in total. The van der Waals surface area contributed by atoms with E-state index < -0.39 is 11.7 Å². The Morgan fingerprint density at radius 2 is 2.25 bits per heavy atom. The molecule has 5 heteroatoms. The van der Waals surface area contributed by atoms with E-state index in [2.05, 4.69) is 6.07 Å². The van der Waals surface area contributed by atoms with E-state index in [1.807, 2.05) is 0 Å². The van der Waals surface area contributed by atoms with Crippen LogP contribution < -0.4 is 0 Å². The van der Waals surface area contributed by atoms with Gasteiger partial charge in [-0.1, -0.05) is 0 Å². The fourth-order valence-electron chi connectivity index (χ4n) is 1.73. The zero-order valence-corrected chi connectivity index (χ0v) is 9.93. The predicted octanol–water partition coefficient (Wildman–Crippen LogP) is 1.13. The molecule has 0 bridgehead atoms. The molecule has 1 saturated heterocycles. The zero-order chi connectivity index (χ0) is 12.3. The van der Waals surface area contributed by atoms with Crippen LogP contribution in [0.25, 0.3) is 0 Å². The summed E-state index contributed by atoms with van der Waals surface area (Å²) in [6.07, 6.45) is 0.0657. The zero-order valence-electron chi connectivity index (χ0n) is 9.93. The number of aliphatic hydroxyl groups excluding tert-OH is 1. The summed E-state index contributed by atoms with van der Waals surface area (Å²) in [6, 6.07) is 1.82. The first-order valence-electron chi connectivity index (χ1n) is 5.37. The van der Waals surface area contributed by atoms with Crippen LogP contribution in [0, 0.1) is 17.2 Å². The largest absolute Gasteiger partial charge is 0.444 e. The Hall–Kier alpha value is -1.28. The molecule has 0 radical (unpaired) electrons. The lowest BCUT2D eigenvalue weighted by atomic mass is 10.1. The van der Waals surface area contributed by atoms with Crippen molar-refractivity contribution in [2.24, 2.45) is 5.92 Å². The molecule has 0 spiro atoms. The van der Waals surface area contributed by atoms with Gasteiger partial charge in [-0.2, -0.15) is 5.26 Å². The van der Waals surface area contributed by atoms with Crippen molar-refractivity contribution in [1.29, 1.82) is 5.26 Å². The summed E-state index contributed by atoms with van der Waals surface area (Å²) in [5.41, 5.74) is -0.554. The molecule has 0 aliphatic carbocycles. The smallest absolute Gasteiger partial charge is 0.410 e. The number of ether oxygens (including phenoxy) is 1. The van der Waals surface area contributed by atoms with Crippen molar-refractivity contribution in [2.75, 3.05) is 13.2 Å². The van der Waals surface area contributed by atoms with Crippen LogP contribution in [0.2, 0.25) is 0 Å². The number of carbonyl (C=O) groups is 1. The van der Waals surface area contributed by atoms with Crippen molar-refractivity contribution in [3.63, 3.8) is 0 Å². The number of hydrogen-bond donors (Lipinski definition) is 1. The number of aliphatic hydroxyl groups is 1. The molecule has 1 fully saturated rings. The molecule has 0 aromatic heterocycles. The van der Waals surface area contributed by atoms with Crippen molar-refractivity contribution in [3.8, 4) is 6.07 Å². The molecule has 0 aromatic rings. The van der Waals surface area contributed by atoms with Gasteiger partial charge in [0.2, 0.25) is 0 Å². The molecule has 1 aliphatic rings. The van der Waals surface area contributed by atoms with Gasteiger partial charge in [0.15, 0.2) is 0 Å². The Balaban J connectivity index is 2.65. The summed E-state index contributed by atoms with van der Waals surface area (Å²) in [4.78, 5) is 13.2. The Kier molecular flexibility index (Phi) is 3.76. The van der Waals surface area contributed by atoms with E-state index in [9.17, 15) is 4.79 Å². The normalized spacial score (nSPS) is 25.3. The highest BCUT2D eigenvalue weighted by Crippen LogP contribution is 2.24. The highest BCUT2D eigenvalue weighted by Gasteiger charge is 2.37. The van der Waals surface area contributed by atoms with Crippen LogP contribution in [-0.4, -0.2) is 40.9 Å². The van der Waals surface area contributed by atoms with E-state index in [0.717, 1.165) is 0 Å². The van der Waals surface area contributed by atoms with Gasteiger partial charge in [0.05, 0.1) is 24.6 Å². The van der Waals surface area contributed by atoms with Crippen LogP contribution >= 0.6 is 0 Å². The average molecular weight is 226 g/mol. The number of nitrogens with zero attached hydrogens (tertiary/aromatic N) is 2. The maximum Gasteiger partial charge on any atom is 0.410 e. The monoisotopic (exact) mass is 226 g/mol. The van der Waals surface area contributed by atoms with Crippen molar-refractivity contribution in [2.45, 2.75) is 38.8 Å². The molecule has 5 nitrogen and oxygen atoms in total. The Morgan fingerprint density at radius 3 is 2.69 bits per heavy atom. The van der Waals surface area contributed by atoms with Gasteiger partial charge < -0.3 is 14.7 Å². The number of amides is 1. The van der Waals surface area contributed by atoms with Crippen LogP contribution in [0.3, 0.4) is 0 Å². The van der Waals surface area contributed by atoms with Gasteiger partial charge in [0, 0.05) is 6.54 Å². The summed E-state index contributed by atoms with van der Waals surface area (Å²) in [5.74, 6) is -0.204. The van der Waals surface area contributed by atoms with E-state index in [1.165, 1.54) is 4.90 Å². The van der Waals surface area contributed by atoms with Crippen molar-refractivity contribution in [1.82, 2.24) is 4.90 Å². The fourth-order valence-corrected chi connectivity index (χ4v) is 1.73. The third-order valence-electron chi connectivity index (χ3n) is 2.44. The quantitative estimate of drug-likeness (QED) is 0.727. The number of nitriles is 1. The molecule has 1 amide bonds. The third-order valence-corrected chi connectivity index (χ3v) is 2.44. The molecular weight excluding hydrogens is 208 g/mol. The highest BCUT2D eigenvalue weighted by molar-refractivity contribution is 5.69. The first kappa shape index (κ1) is 12.8. The first-order chi connectivity index (χ1) is 7.37. The fraction of sp³-hybridized carbons (Fsp3) is 0.818. The van der Waals surface area contributed by atoms with Crippen LogP contribution in [0.5, 0.6) is 0 Å². The molecule has 1 rings (SSSR count).